The van der Waals surface area contributed by atoms with Crippen molar-refractivity contribution in [1.82, 2.24) is 14.8 Å². The van der Waals surface area contributed by atoms with E-state index in [2.05, 4.69) is 15.4 Å². The second kappa shape index (κ2) is 7.99. The average molecular weight is 427 g/mol. The maximum absolute atomic E-state index is 13.0. The summed E-state index contributed by atoms with van der Waals surface area (Å²) in [5.74, 6) is 1.42. The monoisotopic (exact) mass is 426 g/mol. The number of ether oxygens (including phenoxy) is 2. The smallest absolute Gasteiger partial charge is 0.276 e. The molecule has 3 aromatic rings. The van der Waals surface area contributed by atoms with Crippen molar-refractivity contribution in [2.45, 2.75) is 40.2 Å². The number of carbonyl (C=O) groups is 1. The van der Waals surface area contributed by atoms with Crippen LogP contribution in [-0.4, -0.2) is 33.4 Å². The summed E-state index contributed by atoms with van der Waals surface area (Å²) < 4.78 is 13.2. The lowest BCUT2D eigenvalue weighted by Crippen LogP contribution is -2.17. The van der Waals surface area contributed by atoms with Crippen LogP contribution in [0.2, 0.25) is 5.02 Å². The molecule has 0 saturated carbocycles. The van der Waals surface area contributed by atoms with Gasteiger partial charge in [0.2, 0.25) is 0 Å². The Labute approximate surface area is 180 Å². The minimum Gasteiger partial charge on any atom is -0.492 e. The van der Waals surface area contributed by atoms with E-state index in [-0.39, 0.29) is 16.8 Å². The second-order valence-corrected chi connectivity index (χ2v) is 7.72. The number of aryl methyl sites for hydroxylation is 2. The molecule has 7 nitrogen and oxygen atoms in total. The van der Waals surface area contributed by atoms with Crippen LogP contribution in [0.3, 0.4) is 0 Å². The van der Waals surface area contributed by atoms with Crippen molar-refractivity contribution < 1.29 is 14.3 Å². The standard InChI is InChI=1S/C22H23ClN4O3/c1-5-29-19-10-15-9-14(4)30-18(15)11-17(19)24-22(28)21-16(23)6-7-20(25-21)27-13(3)8-12(2)26-27/h6-8,10-11,14H,5,9H2,1-4H3,(H,24,28). The molecule has 0 saturated heterocycles. The summed E-state index contributed by atoms with van der Waals surface area (Å²) in [4.78, 5) is 17.5. The average Bonchev–Trinajstić information content (AvgIpc) is 3.22. The molecule has 1 aliphatic rings. The summed E-state index contributed by atoms with van der Waals surface area (Å²) in [6.07, 6.45) is 0.899. The lowest BCUT2D eigenvalue weighted by atomic mass is 10.1. The van der Waals surface area contributed by atoms with Gasteiger partial charge in [-0.2, -0.15) is 5.10 Å². The molecule has 0 bridgehead atoms. The summed E-state index contributed by atoms with van der Waals surface area (Å²) in [5, 5.41) is 7.55. The van der Waals surface area contributed by atoms with E-state index in [1.165, 1.54) is 0 Å². The predicted molar refractivity (Wildman–Crippen MR) is 115 cm³/mol. The van der Waals surface area contributed by atoms with Crippen LogP contribution in [0.25, 0.3) is 5.82 Å². The van der Waals surface area contributed by atoms with Gasteiger partial charge in [0.15, 0.2) is 5.82 Å². The van der Waals surface area contributed by atoms with E-state index in [0.717, 1.165) is 29.1 Å². The minimum atomic E-state index is -0.435. The molecule has 1 aliphatic heterocycles. The molecule has 1 aromatic carbocycles. The first-order chi connectivity index (χ1) is 14.4. The lowest BCUT2D eigenvalue weighted by molar-refractivity contribution is 0.102. The molecule has 1 atom stereocenters. The van der Waals surface area contributed by atoms with Crippen molar-refractivity contribution in [1.29, 1.82) is 0 Å². The van der Waals surface area contributed by atoms with Crippen LogP contribution >= 0.6 is 11.6 Å². The van der Waals surface area contributed by atoms with Gasteiger partial charge in [-0.1, -0.05) is 11.6 Å². The third kappa shape index (κ3) is 3.85. The second-order valence-electron chi connectivity index (χ2n) is 7.31. The topological polar surface area (TPSA) is 78.3 Å². The van der Waals surface area contributed by atoms with Crippen molar-refractivity contribution in [3.05, 3.63) is 58.0 Å². The molecule has 30 heavy (non-hydrogen) atoms. The molecular formula is C22H23ClN4O3. The SMILES string of the molecule is CCOc1cc2c(cc1NC(=O)c1nc(-n3nc(C)cc3C)ccc1Cl)OC(C)C2. The zero-order valence-corrected chi connectivity index (χ0v) is 18.1. The zero-order chi connectivity index (χ0) is 21.4. The molecular weight excluding hydrogens is 404 g/mol. The van der Waals surface area contributed by atoms with Gasteiger partial charge in [-0.15, -0.1) is 0 Å². The van der Waals surface area contributed by atoms with Crippen LogP contribution in [0.15, 0.2) is 30.3 Å². The first-order valence-corrected chi connectivity index (χ1v) is 10.2. The molecule has 2 aromatic heterocycles. The molecule has 0 aliphatic carbocycles. The zero-order valence-electron chi connectivity index (χ0n) is 17.3. The Morgan fingerprint density at radius 3 is 2.83 bits per heavy atom. The number of pyridine rings is 1. The lowest BCUT2D eigenvalue weighted by Gasteiger charge is -2.14. The van der Waals surface area contributed by atoms with Gasteiger partial charge in [0, 0.05) is 23.7 Å². The van der Waals surface area contributed by atoms with Crippen molar-refractivity contribution in [2.75, 3.05) is 11.9 Å². The highest BCUT2D eigenvalue weighted by molar-refractivity contribution is 6.34. The maximum atomic E-state index is 13.0. The van der Waals surface area contributed by atoms with Crippen molar-refractivity contribution in [2.24, 2.45) is 0 Å². The van der Waals surface area contributed by atoms with E-state index < -0.39 is 5.91 Å². The van der Waals surface area contributed by atoms with Gasteiger partial charge in [0.1, 0.15) is 23.3 Å². The summed E-state index contributed by atoms with van der Waals surface area (Å²) in [7, 11) is 0. The number of hydrogen-bond acceptors (Lipinski definition) is 5. The van der Waals surface area contributed by atoms with Crippen LogP contribution in [0.4, 0.5) is 5.69 Å². The van der Waals surface area contributed by atoms with Crippen LogP contribution in [0.5, 0.6) is 11.5 Å². The predicted octanol–water partition coefficient (Wildman–Crippen LogP) is 4.51. The molecule has 156 valence electrons. The Bertz CT molecular complexity index is 1130. The quantitative estimate of drug-likeness (QED) is 0.649. The van der Waals surface area contributed by atoms with Gasteiger partial charge in [-0.05, 0) is 52.0 Å². The van der Waals surface area contributed by atoms with Crippen LogP contribution in [0, 0.1) is 13.8 Å². The number of nitrogens with one attached hydrogen (secondary N) is 1. The van der Waals surface area contributed by atoms with Gasteiger partial charge < -0.3 is 14.8 Å². The fourth-order valence-electron chi connectivity index (χ4n) is 3.56. The molecule has 0 radical (unpaired) electrons. The van der Waals surface area contributed by atoms with Crippen LogP contribution in [0.1, 0.15) is 41.3 Å². The van der Waals surface area contributed by atoms with E-state index in [1.807, 2.05) is 39.8 Å². The van der Waals surface area contributed by atoms with E-state index in [4.69, 9.17) is 21.1 Å². The molecule has 1 amide bonds. The number of halogens is 1. The Kier molecular flexibility index (Phi) is 5.39. The van der Waals surface area contributed by atoms with Gasteiger partial charge >= 0.3 is 0 Å². The van der Waals surface area contributed by atoms with Gasteiger partial charge in [-0.3, -0.25) is 4.79 Å². The van der Waals surface area contributed by atoms with Crippen LogP contribution in [-0.2, 0) is 6.42 Å². The Hall–Kier alpha value is -3.06. The number of aromatic nitrogens is 3. The van der Waals surface area contributed by atoms with E-state index in [0.29, 0.717) is 23.9 Å². The Morgan fingerprint density at radius 1 is 1.33 bits per heavy atom. The number of nitrogens with zero attached hydrogens (tertiary/aromatic N) is 3. The summed E-state index contributed by atoms with van der Waals surface area (Å²) in [5.41, 5.74) is 3.47. The van der Waals surface area contributed by atoms with Crippen molar-refractivity contribution in [3.63, 3.8) is 0 Å². The third-order valence-corrected chi connectivity index (χ3v) is 5.12. The van der Waals surface area contributed by atoms with Crippen LogP contribution < -0.4 is 14.8 Å². The van der Waals surface area contributed by atoms with E-state index in [9.17, 15) is 4.79 Å². The number of benzene rings is 1. The highest BCUT2D eigenvalue weighted by atomic mass is 35.5. The van der Waals surface area contributed by atoms with Gasteiger partial charge in [0.25, 0.3) is 5.91 Å². The van der Waals surface area contributed by atoms with Gasteiger partial charge in [0.05, 0.1) is 23.0 Å². The summed E-state index contributed by atoms with van der Waals surface area (Å²) in [6, 6.07) is 9.02. The van der Waals surface area contributed by atoms with Gasteiger partial charge in [-0.25, -0.2) is 9.67 Å². The molecule has 0 spiro atoms. The Morgan fingerprint density at radius 2 is 2.13 bits per heavy atom. The largest absolute Gasteiger partial charge is 0.492 e. The minimum absolute atomic E-state index is 0.0917. The normalized spacial score (nSPS) is 14.9. The number of rotatable bonds is 5. The molecule has 3 heterocycles. The number of fused-ring (bicyclic) bond motifs is 1. The van der Waals surface area contributed by atoms with Crippen molar-refractivity contribution >= 4 is 23.2 Å². The molecule has 4 rings (SSSR count). The highest BCUT2D eigenvalue weighted by Crippen LogP contribution is 2.38. The first kappa shape index (κ1) is 20.2. The fourth-order valence-corrected chi connectivity index (χ4v) is 3.75. The molecule has 1 N–H and O–H groups in total. The summed E-state index contributed by atoms with van der Waals surface area (Å²) >= 11 is 6.29. The molecule has 0 fully saturated rings. The third-order valence-electron chi connectivity index (χ3n) is 4.82. The molecule has 8 heteroatoms. The fraction of sp³-hybridized carbons (Fsp3) is 0.318. The number of amides is 1. The maximum Gasteiger partial charge on any atom is 0.276 e. The highest BCUT2D eigenvalue weighted by Gasteiger charge is 2.24. The molecule has 1 unspecified atom stereocenters. The number of hydrogen-bond donors (Lipinski definition) is 1. The summed E-state index contributed by atoms with van der Waals surface area (Å²) in [6.45, 7) is 8.21. The van der Waals surface area contributed by atoms with E-state index >= 15 is 0 Å². The van der Waals surface area contributed by atoms with Crippen molar-refractivity contribution in [3.8, 4) is 17.3 Å². The first-order valence-electron chi connectivity index (χ1n) is 9.83. The number of carbonyl (C=O) groups excluding carboxylic acids is 1. The van der Waals surface area contributed by atoms with E-state index in [1.54, 1.807) is 22.9 Å². The number of anilines is 1. The Balaban J connectivity index is 1.67.